The van der Waals surface area contributed by atoms with Crippen molar-refractivity contribution in [1.82, 2.24) is 4.31 Å². The summed E-state index contributed by atoms with van der Waals surface area (Å²) in [6.07, 6.45) is 2.13. The molecule has 54 valence electrons. The molecule has 0 heterocycles. The molecule has 4 heteroatoms. The minimum absolute atomic E-state index is 0.530. The lowest BCUT2D eigenvalue weighted by Crippen LogP contribution is -2.14. The van der Waals surface area contributed by atoms with Crippen molar-refractivity contribution in [3.63, 3.8) is 0 Å². The van der Waals surface area contributed by atoms with E-state index in [-0.39, 0.29) is 0 Å². The third-order valence-corrected chi connectivity index (χ3v) is 1.66. The van der Waals surface area contributed by atoms with Gasteiger partial charge in [-0.1, -0.05) is 13.5 Å². The summed E-state index contributed by atoms with van der Waals surface area (Å²) in [5, 5.41) is 0. The molecule has 0 bridgehead atoms. The second kappa shape index (κ2) is 4.38. The van der Waals surface area contributed by atoms with Crippen molar-refractivity contribution >= 4 is 10.9 Å². The lowest BCUT2D eigenvalue weighted by Gasteiger charge is -2.08. The van der Waals surface area contributed by atoms with Crippen LogP contribution in [-0.2, 0) is 10.9 Å². The molecule has 0 aliphatic rings. The van der Waals surface area contributed by atoms with Gasteiger partial charge in [-0.2, -0.15) is 0 Å². The van der Waals surface area contributed by atoms with Gasteiger partial charge < -0.3 is 0 Å². The van der Waals surface area contributed by atoms with Gasteiger partial charge in [0, 0.05) is 12.7 Å². The average Bonchev–Trinajstić information content (AvgIpc) is 1.82. The summed E-state index contributed by atoms with van der Waals surface area (Å²) in [4.78, 5) is 0. The van der Waals surface area contributed by atoms with E-state index in [1.807, 2.05) is 6.92 Å². The fraction of sp³-hybridized carbons (Fsp3) is 0.600. The first-order valence-electron chi connectivity index (χ1n) is 2.75. The first-order valence-corrected chi connectivity index (χ1v) is 3.89. The second-order valence-electron chi connectivity index (χ2n) is 1.58. The summed E-state index contributed by atoms with van der Waals surface area (Å²) in [5.74, 6) is 0. The van der Waals surface area contributed by atoms with Crippen LogP contribution in [0.2, 0.25) is 0 Å². The smallest absolute Gasteiger partial charge is 0.224 e. The van der Waals surface area contributed by atoms with Crippen LogP contribution in [0.25, 0.3) is 0 Å². The van der Waals surface area contributed by atoms with E-state index >= 15 is 0 Å². The molecule has 0 saturated heterocycles. The lowest BCUT2D eigenvalue weighted by atomic mass is 10.5. The molecule has 0 aromatic heterocycles. The van der Waals surface area contributed by atoms with Crippen LogP contribution in [0.15, 0.2) is 12.8 Å². The van der Waals surface area contributed by atoms with Crippen molar-refractivity contribution in [2.24, 2.45) is 0 Å². The molecule has 0 amide bonds. The maximum absolute atomic E-state index is 10.2. The summed E-state index contributed by atoms with van der Waals surface area (Å²) >= 11 is 0. The number of thiol groups is 1. The molecule has 0 fully saturated rings. The molecule has 0 spiro atoms. The van der Waals surface area contributed by atoms with Gasteiger partial charge in [-0.15, -0.1) is 0 Å². The highest BCUT2D eigenvalue weighted by molar-refractivity contribution is 7.70. The third kappa shape index (κ3) is 3.13. The fourth-order valence-electron chi connectivity index (χ4n) is 0.469. The van der Waals surface area contributed by atoms with Crippen molar-refractivity contribution in [3.8, 4) is 0 Å². The van der Waals surface area contributed by atoms with Crippen molar-refractivity contribution in [3.05, 3.63) is 12.8 Å². The summed E-state index contributed by atoms with van der Waals surface area (Å²) in [7, 11) is -2.45. The Morgan fingerprint density at radius 3 is 2.33 bits per heavy atom. The second-order valence-corrected chi connectivity index (χ2v) is 2.57. The van der Waals surface area contributed by atoms with E-state index in [4.69, 9.17) is 0 Å². The molecule has 9 heavy (non-hydrogen) atoms. The van der Waals surface area contributed by atoms with E-state index in [9.17, 15) is 8.42 Å². The van der Waals surface area contributed by atoms with Crippen LogP contribution in [0.1, 0.15) is 13.3 Å². The summed E-state index contributed by atoms with van der Waals surface area (Å²) in [5.41, 5.74) is 0. The Bertz CT molecular complexity index is 145. The highest BCUT2D eigenvalue weighted by Crippen LogP contribution is 1.89. The summed E-state index contributed by atoms with van der Waals surface area (Å²) in [6.45, 7) is 5.79. The van der Waals surface area contributed by atoms with E-state index in [0.717, 1.165) is 6.42 Å². The molecule has 0 N–H and O–H groups in total. The van der Waals surface area contributed by atoms with Gasteiger partial charge in [-0.3, -0.25) is 4.31 Å². The van der Waals surface area contributed by atoms with E-state index in [1.165, 1.54) is 10.5 Å². The highest BCUT2D eigenvalue weighted by atomic mass is 32.2. The Kier molecular flexibility index (Phi) is 4.13. The quantitative estimate of drug-likeness (QED) is 0.586. The topological polar surface area (TPSA) is 37.4 Å². The fourth-order valence-corrected chi connectivity index (χ4v) is 0.965. The van der Waals surface area contributed by atoms with Crippen LogP contribution in [0.5, 0.6) is 0 Å². The molecule has 0 aromatic rings. The minimum Gasteiger partial charge on any atom is -0.280 e. The van der Waals surface area contributed by atoms with Gasteiger partial charge in [0.15, 0.2) is 0 Å². The van der Waals surface area contributed by atoms with Crippen LogP contribution in [0.4, 0.5) is 0 Å². The Morgan fingerprint density at radius 2 is 2.22 bits per heavy atom. The van der Waals surface area contributed by atoms with Crippen LogP contribution in [0.3, 0.4) is 0 Å². The van der Waals surface area contributed by atoms with Gasteiger partial charge in [0.05, 0.1) is 0 Å². The predicted molar refractivity (Wildman–Crippen MR) is 37.5 cm³/mol. The first kappa shape index (κ1) is 8.49. The Hall–Kier alpha value is -0.510. The zero-order chi connectivity index (χ0) is 7.28. The first-order chi connectivity index (χ1) is 4.22. The van der Waals surface area contributed by atoms with Gasteiger partial charge in [-0.05, 0) is 6.42 Å². The van der Waals surface area contributed by atoms with Gasteiger partial charge >= 0.3 is 0 Å². The van der Waals surface area contributed by atoms with Crippen molar-refractivity contribution < 1.29 is 8.42 Å². The normalized spacial score (nSPS) is 9.56. The van der Waals surface area contributed by atoms with Gasteiger partial charge in [0.25, 0.3) is 0 Å². The molecular formula is C5H11NO2S. The molecule has 0 aromatic carbocycles. The Morgan fingerprint density at radius 1 is 1.67 bits per heavy atom. The number of hydrogen-bond acceptors (Lipinski definition) is 2. The highest BCUT2D eigenvalue weighted by Gasteiger charge is 1.94. The van der Waals surface area contributed by atoms with Crippen LogP contribution in [0, 0.1) is 0 Å². The van der Waals surface area contributed by atoms with Gasteiger partial charge in [-0.25, -0.2) is 8.42 Å². The summed E-state index contributed by atoms with van der Waals surface area (Å²) in [6, 6.07) is 0. The summed E-state index contributed by atoms with van der Waals surface area (Å²) < 4.78 is 21.6. The lowest BCUT2D eigenvalue weighted by molar-refractivity contribution is 0.517. The molecule has 0 aliphatic heterocycles. The monoisotopic (exact) mass is 149 g/mol. The SMILES string of the molecule is C=CN(CCC)[SH](=O)=O. The van der Waals surface area contributed by atoms with E-state index < -0.39 is 10.9 Å². The maximum Gasteiger partial charge on any atom is 0.224 e. The maximum atomic E-state index is 10.2. The minimum atomic E-state index is -2.45. The van der Waals surface area contributed by atoms with Gasteiger partial charge in [0.1, 0.15) is 0 Å². The van der Waals surface area contributed by atoms with Crippen LogP contribution >= 0.6 is 0 Å². The number of nitrogens with zero attached hydrogens (tertiary/aromatic N) is 1. The van der Waals surface area contributed by atoms with E-state index in [2.05, 4.69) is 6.58 Å². The molecule has 0 unspecified atom stereocenters. The number of rotatable bonds is 4. The standard InChI is InChI=1S/C5H11NO2S/c1-3-5-6(4-2)9(7)8/h4,9H,2-3,5H2,1H3. The van der Waals surface area contributed by atoms with Gasteiger partial charge in [0.2, 0.25) is 10.9 Å². The van der Waals surface area contributed by atoms with E-state index in [0.29, 0.717) is 6.54 Å². The van der Waals surface area contributed by atoms with Crippen LogP contribution in [-0.4, -0.2) is 19.3 Å². The number of hydrogen-bond donors (Lipinski definition) is 1. The zero-order valence-electron chi connectivity index (χ0n) is 5.41. The molecule has 3 nitrogen and oxygen atoms in total. The molecule has 0 saturated carbocycles. The molecular weight excluding hydrogens is 138 g/mol. The third-order valence-electron chi connectivity index (χ3n) is 0.873. The molecule has 0 atom stereocenters. The van der Waals surface area contributed by atoms with Crippen molar-refractivity contribution in [1.29, 1.82) is 0 Å². The molecule has 0 rings (SSSR count). The average molecular weight is 149 g/mol. The zero-order valence-corrected chi connectivity index (χ0v) is 6.30. The molecule has 0 aliphatic carbocycles. The molecule has 0 radical (unpaired) electrons. The van der Waals surface area contributed by atoms with Crippen LogP contribution < -0.4 is 0 Å². The Labute approximate surface area is 57.1 Å². The largest absolute Gasteiger partial charge is 0.280 e. The predicted octanol–water partition coefficient (Wildman–Crippen LogP) is 0.368. The van der Waals surface area contributed by atoms with Crippen molar-refractivity contribution in [2.75, 3.05) is 6.54 Å². The van der Waals surface area contributed by atoms with E-state index in [1.54, 1.807) is 0 Å². The van der Waals surface area contributed by atoms with Crippen molar-refractivity contribution in [2.45, 2.75) is 13.3 Å². The Balaban J connectivity index is 3.83.